The molecule has 1 aliphatic heterocycles. The van der Waals surface area contributed by atoms with Crippen LogP contribution in [0.2, 0.25) is 0 Å². The zero-order chi connectivity index (χ0) is 16.1. The van der Waals surface area contributed by atoms with Gasteiger partial charge in [-0.25, -0.2) is 0 Å². The van der Waals surface area contributed by atoms with Gasteiger partial charge in [-0.15, -0.1) is 0 Å². The summed E-state index contributed by atoms with van der Waals surface area (Å²) in [5, 5.41) is 14.3. The molecule has 4 nitrogen and oxygen atoms in total. The van der Waals surface area contributed by atoms with Crippen LogP contribution >= 0.6 is 0 Å². The van der Waals surface area contributed by atoms with Gasteiger partial charge in [0.2, 0.25) is 0 Å². The molecule has 2 N–H and O–H groups in total. The van der Waals surface area contributed by atoms with Crippen molar-refractivity contribution in [2.45, 2.75) is 57.3 Å². The van der Waals surface area contributed by atoms with Crippen LogP contribution < -0.4 is 10.1 Å². The van der Waals surface area contributed by atoms with Crippen LogP contribution in [0.4, 0.5) is 0 Å². The second-order valence-electron chi connectivity index (χ2n) is 6.96. The van der Waals surface area contributed by atoms with E-state index in [1.807, 2.05) is 18.2 Å². The minimum atomic E-state index is -0.441. The lowest BCUT2D eigenvalue weighted by Crippen LogP contribution is -2.52. The molecule has 0 spiro atoms. The SMILES string of the molecule is Cc1cccc(O[C@@H]2CCC[C@H](NCC3CCOCC3)[C@H]2O)c1. The van der Waals surface area contributed by atoms with Gasteiger partial charge in [-0.05, 0) is 69.2 Å². The van der Waals surface area contributed by atoms with Gasteiger partial charge >= 0.3 is 0 Å². The van der Waals surface area contributed by atoms with Crippen LogP contribution in [0.1, 0.15) is 37.7 Å². The Kier molecular flexibility index (Phi) is 5.92. The Balaban J connectivity index is 1.52. The molecule has 4 heteroatoms. The maximum atomic E-state index is 10.7. The summed E-state index contributed by atoms with van der Waals surface area (Å²) in [7, 11) is 0. The Labute approximate surface area is 139 Å². The molecule has 0 aromatic heterocycles. The minimum absolute atomic E-state index is 0.113. The maximum Gasteiger partial charge on any atom is 0.126 e. The molecule has 1 aromatic rings. The van der Waals surface area contributed by atoms with E-state index in [4.69, 9.17) is 9.47 Å². The predicted octanol–water partition coefficient (Wildman–Crippen LogP) is 2.67. The van der Waals surface area contributed by atoms with E-state index in [9.17, 15) is 5.11 Å². The number of aliphatic hydroxyl groups excluding tert-OH is 1. The molecule has 3 rings (SSSR count). The fourth-order valence-corrected chi connectivity index (χ4v) is 3.62. The molecule has 3 atom stereocenters. The zero-order valence-electron chi connectivity index (χ0n) is 14.0. The predicted molar refractivity (Wildman–Crippen MR) is 90.8 cm³/mol. The van der Waals surface area contributed by atoms with Gasteiger partial charge in [0, 0.05) is 19.3 Å². The first-order valence-corrected chi connectivity index (χ1v) is 8.95. The van der Waals surface area contributed by atoms with Crippen LogP contribution in [-0.2, 0) is 4.74 Å². The molecule has 1 heterocycles. The summed E-state index contributed by atoms with van der Waals surface area (Å²) < 4.78 is 11.5. The van der Waals surface area contributed by atoms with Gasteiger partial charge in [0.15, 0.2) is 0 Å². The van der Waals surface area contributed by atoms with Crippen molar-refractivity contribution in [2.24, 2.45) is 5.92 Å². The van der Waals surface area contributed by atoms with Gasteiger partial charge in [-0.1, -0.05) is 12.1 Å². The van der Waals surface area contributed by atoms with E-state index in [0.717, 1.165) is 57.6 Å². The summed E-state index contributed by atoms with van der Waals surface area (Å²) in [6.07, 6.45) is 4.74. The van der Waals surface area contributed by atoms with Crippen LogP contribution in [0.5, 0.6) is 5.75 Å². The van der Waals surface area contributed by atoms with E-state index < -0.39 is 6.10 Å². The highest BCUT2D eigenvalue weighted by Crippen LogP contribution is 2.25. The summed E-state index contributed by atoms with van der Waals surface area (Å²) in [6.45, 7) is 4.78. The van der Waals surface area contributed by atoms with Gasteiger partial charge in [0.1, 0.15) is 18.0 Å². The minimum Gasteiger partial charge on any atom is -0.488 e. The van der Waals surface area contributed by atoms with E-state index in [1.165, 1.54) is 5.56 Å². The Bertz CT molecular complexity index is 487. The summed E-state index contributed by atoms with van der Waals surface area (Å²) in [5.74, 6) is 1.54. The molecule has 1 saturated carbocycles. The number of benzene rings is 1. The van der Waals surface area contributed by atoms with Crippen LogP contribution in [0.25, 0.3) is 0 Å². The lowest BCUT2D eigenvalue weighted by Gasteiger charge is -2.36. The fourth-order valence-electron chi connectivity index (χ4n) is 3.62. The van der Waals surface area contributed by atoms with Crippen LogP contribution in [0.3, 0.4) is 0 Å². The summed E-state index contributed by atoms with van der Waals surface area (Å²) in [6, 6.07) is 8.20. The number of nitrogens with one attached hydrogen (secondary N) is 1. The van der Waals surface area contributed by atoms with Crippen LogP contribution in [-0.4, -0.2) is 43.1 Å². The lowest BCUT2D eigenvalue weighted by atomic mass is 9.89. The summed E-state index contributed by atoms with van der Waals surface area (Å²) in [5.41, 5.74) is 1.18. The highest BCUT2D eigenvalue weighted by molar-refractivity contribution is 5.27. The fraction of sp³-hybridized carbons (Fsp3) is 0.684. The van der Waals surface area contributed by atoms with Crippen molar-refractivity contribution in [3.63, 3.8) is 0 Å². The topological polar surface area (TPSA) is 50.7 Å². The van der Waals surface area contributed by atoms with Crippen LogP contribution in [0, 0.1) is 12.8 Å². The third kappa shape index (κ3) is 4.69. The number of aryl methyl sites for hydroxylation is 1. The van der Waals surface area contributed by atoms with Gasteiger partial charge in [-0.3, -0.25) is 0 Å². The molecule has 1 aliphatic carbocycles. The quantitative estimate of drug-likeness (QED) is 0.876. The van der Waals surface area contributed by atoms with E-state index in [1.54, 1.807) is 0 Å². The van der Waals surface area contributed by atoms with Crippen molar-refractivity contribution >= 4 is 0 Å². The first-order valence-electron chi connectivity index (χ1n) is 8.95. The second-order valence-corrected chi connectivity index (χ2v) is 6.96. The third-order valence-electron chi connectivity index (χ3n) is 5.08. The Hall–Kier alpha value is -1.10. The smallest absolute Gasteiger partial charge is 0.126 e. The van der Waals surface area contributed by atoms with Crippen molar-refractivity contribution < 1.29 is 14.6 Å². The number of aliphatic hydroxyl groups is 1. The highest BCUT2D eigenvalue weighted by Gasteiger charge is 2.33. The van der Waals surface area contributed by atoms with Gasteiger partial charge in [-0.2, -0.15) is 0 Å². The molecule has 1 aromatic carbocycles. The molecular weight excluding hydrogens is 290 g/mol. The molecule has 0 radical (unpaired) electrons. The molecule has 2 fully saturated rings. The van der Waals surface area contributed by atoms with E-state index in [2.05, 4.69) is 18.3 Å². The standard InChI is InChI=1S/C19H29NO3/c1-14-4-2-5-16(12-14)23-18-7-3-6-17(19(18)21)20-13-15-8-10-22-11-9-15/h2,4-5,12,15,17-21H,3,6-11,13H2,1H3/t17-,18+,19+/m0/s1. The monoisotopic (exact) mass is 319 g/mol. The largest absolute Gasteiger partial charge is 0.488 e. The molecule has 0 bridgehead atoms. The average Bonchev–Trinajstić information content (AvgIpc) is 2.57. The molecule has 2 aliphatic rings. The van der Waals surface area contributed by atoms with E-state index >= 15 is 0 Å². The molecular formula is C19H29NO3. The van der Waals surface area contributed by atoms with Gasteiger partial charge < -0.3 is 19.9 Å². The molecule has 128 valence electrons. The molecule has 0 amide bonds. The second kappa shape index (κ2) is 8.13. The Morgan fingerprint density at radius 1 is 1.22 bits per heavy atom. The average molecular weight is 319 g/mol. The molecule has 23 heavy (non-hydrogen) atoms. The molecule has 0 unspecified atom stereocenters. The highest BCUT2D eigenvalue weighted by atomic mass is 16.5. The Morgan fingerprint density at radius 3 is 2.83 bits per heavy atom. The van der Waals surface area contributed by atoms with E-state index in [-0.39, 0.29) is 12.1 Å². The normalized spacial score (nSPS) is 29.4. The third-order valence-corrected chi connectivity index (χ3v) is 5.08. The van der Waals surface area contributed by atoms with Crippen LogP contribution in [0.15, 0.2) is 24.3 Å². The van der Waals surface area contributed by atoms with E-state index in [0.29, 0.717) is 5.92 Å². The van der Waals surface area contributed by atoms with Crippen molar-refractivity contribution in [1.82, 2.24) is 5.32 Å². The van der Waals surface area contributed by atoms with Gasteiger partial charge in [0.05, 0.1) is 0 Å². The number of rotatable bonds is 5. The van der Waals surface area contributed by atoms with Crippen molar-refractivity contribution in [1.29, 1.82) is 0 Å². The molecule has 1 saturated heterocycles. The lowest BCUT2D eigenvalue weighted by molar-refractivity contribution is -0.0178. The number of ether oxygens (including phenoxy) is 2. The van der Waals surface area contributed by atoms with Crippen molar-refractivity contribution in [3.05, 3.63) is 29.8 Å². The first-order chi connectivity index (χ1) is 11.2. The Morgan fingerprint density at radius 2 is 2.04 bits per heavy atom. The van der Waals surface area contributed by atoms with Crippen molar-refractivity contribution in [2.75, 3.05) is 19.8 Å². The van der Waals surface area contributed by atoms with Gasteiger partial charge in [0.25, 0.3) is 0 Å². The zero-order valence-corrected chi connectivity index (χ0v) is 14.0. The number of hydrogen-bond donors (Lipinski definition) is 2. The summed E-state index contributed by atoms with van der Waals surface area (Å²) in [4.78, 5) is 0. The number of hydrogen-bond acceptors (Lipinski definition) is 4. The van der Waals surface area contributed by atoms with Crippen molar-refractivity contribution in [3.8, 4) is 5.75 Å². The summed E-state index contributed by atoms with van der Waals surface area (Å²) >= 11 is 0. The first kappa shape index (κ1) is 16.7. The maximum absolute atomic E-state index is 10.7.